The monoisotopic (exact) mass is 612 g/mol. The van der Waals surface area contributed by atoms with Gasteiger partial charge >= 0.3 is 0 Å². The van der Waals surface area contributed by atoms with Crippen LogP contribution in [-0.2, 0) is 26.0 Å². The molecule has 0 aliphatic carbocycles. The molecular weight excluding hydrogens is 583 g/mol. The normalized spacial score (nSPS) is 16.3. The largest absolute Gasteiger partial charge is 0.377 e. The molecule has 1 aromatic carbocycles. The highest BCUT2D eigenvalue weighted by atomic mass is 35.5. The second kappa shape index (κ2) is 13.7. The van der Waals surface area contributed by atoms with Crippen molar-refractivity contribution >= 4 is 57.2 Å². The van der Waals surface area contributed by atoms with Gasteiger partial charge in [-0.2, -0.15) is 4.72 Å². The van der Waals surface area contributed by atoms with Crippen molar-refractivity contribution in [2.75, 3.05) is 26.3 Å². The maximum atomic E-state index is 13.7. The van der Waals surface area contributed by atoms with Crippen molar-refractivity contribution in [3.63, 3.8) is 0 Å². The van der Waals surface area contributed by atoms with Gasteiger partial charge in [0.25, 0.3) is 5.91 Å². The Hall–Kier alpha value is -2.54. The number of hydrogen-bond donors (Lipinski definition) is 2. The predicted octanol–water partition coefficient (Wildman–Crippen LogP) is 3.77. The van der Waals surface area contributed by atoms with E-state index < -0.39 is 27.9 Å². The van der Waals surface area contributed by atoms with Crippen LogP contribution < -0.4 is 10.0 Å². The van der Waals surface area contributed by atoms with E-state index in [1.54, 1.807) is 35.4 Å². The molecule has 13 heteroatoms. The van der Waals surface area contributed by atoms with E-state index in [9.17, 15) is 18.0 Å². The molecular formula is C26H30Cl2N4O5S2. The van der Waals surface area contributed by atoms with Crippen molar-refractivity contribution in [3.05, 3.63) is 69.5 Å². The smallest absolute Gasteiger partial charge is 0.261 e. The second-order valence-electron chi connectivity index (χ2n) is 8.79. The van der Waals surface area contributed by atoms with Crippen molar-refractivity contribution < 1.29 is 22.7 Å². The van der Waals surface area contributed by atoms with Gasteiger partial charge in [0.2, 0.25) is 15.9 Å². The van der Waals surface area contributed by atoms with Crippen LogP contribution in [0, 0.1) is 0 Å². The molecule has 0 unspecified atom stereocenters. The fourth-order valence-corrected chi connectivity index (χ4v) is 6.83. The summed E-state index contributed by atoms with van der Waals surface area (Å²) in [4.78, 5) is 32.6. The maximum Gasteiger partial charge on any atom is 0.261 e. The Morgan fingerprint density at radius 1 is 1.21 bits per heavy atom. The lowest BCUT2D eigenvalue weighted by molar-refractivity contribution is -0.140. The van der Waals surface area contributed by atoms with Crippen molar-refractivity contribution in [1.29, 1.82) is 0 Å². The Balaban J connectivity index is 0.00000420. The summed E-state index contributed by atoms with van der Waals surface area (Å²) < 4.78 is 35.9. The zero-order valence-electron chi connectivity index (χ0n) is 21.4. The van der Waals surface area contributed by atoms with Gasteiger partial charge in [0, 0.05) is 24.8 Å². The summed E-state index contributed by atoms with van der Waals surface area (Å²) >= 11 is 7.04. The Morgan fingerprint density at radius 3 is 2.64 bits per heavy atom. The number of thiophene rings is 1. The number of rotatable bonds is 9. The highest BCUT2D eigenvalue weighted by molar-refractivity contribution is 7.89. The molecule has 0 saturated carbocycles. The van der Waals surface area contributed by atoms with E-state index in [2.05, 4.69) is 15.0 Å². The molecule has 39 heavy (non-hydrogen) atoms. The third-order valence-corrected chi connectivity index (χ3v) is 9.01. The number of morpholine rings is 1. The van der Waals surface area contributed by atoms with Gasteiger partial charge in [0.15, 0.2) is 0 Å². The molecule has 2 amide bonds. The molecule has 4 rings (SSSR count). The molecule has 0 bridgehead atoms. The zero-order chi connectivity index (χ0) is 27.3. The number of carbonyl (C=O) groups excluding carboxylic acids is 2. The molecule has 1 aliphatic heterocycles. The van der Waals surface area contributed by atoms with E-state index in [-0.39, 0.29) is 29.9 Å². The Morgan fingerprint density at radius 2 is 2.00 bits per heavy atom. The Bertz CT molecular complexity index is 1400. The summed E-state index contributed by atoms with van der Waals surface area (Å²) in [5, 5.41) is 2.68. The average molecular weight is 614 g/mol. The van der Waals surface area contributed by atoms with Gasteiger partial charge in [-0.3, -0.25) is 14.6 Å². The Labute approximate surface area is 243 Å². The first-order valence-corrected chi connectivity index (χ1v) is 14.9. The first kappa shape index (κ1) is 31.0. The highest BCUT2D eigenvalue weighted by Gasteiger charge is 2.34. The molecule has 2 N–H and O–H groups in total. The van der Waals surface area contributed by atoms with Crippen LogP contribution in [0.2, 0.25) is 4.34 Å². The molecule has 0 radical (unpaired) electrons. The summed E-state index contributed by atoms with van der Waals surface area (Å²) in [7, 11) is -4.17. The van der Waals surface area contributed by atoms with Gasteiger partial charge in [-0.05, 0) is 49.2 Å². The molecule has 3 heterocycles. The third kappa shape index (κ3) is 7.36. The van der Waals surface area contributed by atoms with Crippen LogP contribution in [0.25, 0.3) is 11.3 Å². The number of benzene rings is 1. The standard InChI is InChI=1S/C26H29ClN4O5S2.ClH/c1-3-18-19(20-8-4-5-12-28-20)7-6-9-23(18)38(34,35)30-21(26(33)31-13-14-36-16-17(31)2)15-29-25(32)22-10-11-24(27)37-22;/h4-12,17,21,30H,3,13-16H2,1-2H3,(H,29,32);1H/t17-,21-;/m0./s1. The van der Waals surface area contributed by atoms with Crippen LogP contribution in [-0.4, -0.2) is 68.5 Å². The summed E-state index contributed by atoms with van der Waals surface area (Å²) in [6.07, 6.45) is 2.08. The van der Waals surface area contributed by atoms with Gasteiger partial charge in [-0.15, -0.1) is 23.7 Å². The number of halogens is 2. The van der Waals surface area contributed by atoms with E-state index in [4.69, 9.17) is 16.3 Å². The number of aromatic nitrogens is 1. The SMILES string of the molecule is CCc1c(-c2ccccn2)cccc1S(=O)(=O)N[C@@H](CNC(=O)c1ccc(Cl)s1)C(=O)N1CCOC[C@@H]1C.Cl. The molecule has 1 fully saturated rings. The maximum absolute atomic E-state index is 13.7. The minimum Gasteiger partial charge on any atom is -0.377 e. The topological polar surface area (TPSA) is 118 Å². The minimum absolute atomic E-state index is 0. The number of nitrogens with one attached hydrogen (secondary N) is 2. The number of nitrogens with zero attached hydrogens (tertiary/aromatic N) is 2. The lowest BCUT2D eigenvalue weighted by Crippen LogP contribution is -2.58. The first-order valence-electron chi connectivity index (χ1n) is 12.2. The molecule has 1 saturated heterocycles. The molecule has 2 atom stereocenters. The Kier molecular flexibility index (Phi) is 10.9. The third-order valence-electron chi connectivity index (χ3n) is 6.23. The van der Waals surface area contributed by atoms with Gasteiger partial charge in [0.05, 0.1) is 39.1 Å². The van der Waals surface area contributed by atoms with Gasteiger partial charge < -0.3 is 15.0 Å². The number of carbonyl (C=O) groups is 2. The van der Waals surface area contributed by atoms with E-state index in [1.807, 2.05) is 32.0 Å². The highest BCUT2D eigenvalue weighted by Crippen LogP contribution is 2.28. The van der Waals surface area contributed by atoms with Gasteiger partial charge in [-0.1, -0.05) is 36.7 Å². The van der Waals surface area contributed by atoms with Crippen LogP contribution in [0.15, 0.2) is 59.6 Å². The molecule has 0 spiro atoms. The van der Waals surface area contributed by atoms with Crippen molar-refractivity contribution in [2.24, 2.45) is 0 Å². The van der Waals surface area contributed by atoms with E-state index in [1.165, 1.54) is 6.07 Å². The van der Waals surface area contributed by atoms with E-state index in [0.29, 0.717) is 52.2 Å². The molecule has 1 aliphatic rings. The van der Waals surface area contributed by atoms with Crippen LogP contribution >= 0.6 is 35.3 Å². The summed E-state index contributed by atoms with van der Waals surface area (Å²) in [5.74, 6) is -0.881. The summed E-state index contributed by atoms with van der Waals surface area (Å²) in [5.41, 5.74) is 1.93. The molecule has 2 aromatic heterocycles. The van der Waals surface area contributed by atoms with Crippen molar-refractivity contribution in [3.8, 4) is 11.3 Å². The lowest BCUT2D eigenvalue weighted by Gasteiger charge is -2.36. The van der Waals surface area contributed by atoms with Crippen LogP contribution in [0.4, 0.5) is 0 Å². The van der Waals surface area contributed by atoms with E-state index >= 15 is 0 Å². The number of ether oxygens (including phenoxy) is 1. The molecule has 210 valence electrons. The number of sulfonamides is 1. The van der Waals surface area contributed by atoms with Crippen LogP contribution in [0.1, 0.15) is 29.1 Å². The number of pyridine rings is 1. The second-order valence-corrected chi connectivity index (χ2v) is 12.2. The van der Waals surface area contributed by atoms with E-state index in [0.717, 1.165) is 11.3 Å². The average Bonchev–Trinajstić information content (AvgIpc) is 3.37. The minimum atomic E-state index is -4.17. The quantitative estimate of drug-likeness (QED) is 0.380. The zero-order valence-corrected chi connectivity index (χ0v) is 24.6. The van der Waals surface area contributed by atoms with Crippen molar-refractivity contribution in [2.45, 2.75) is 37.2 Å². The summed E-state index contributed by atoms with van der Waals surface area (Å²) in [6, 6.07) is 12.1. The van der Waals surface area contributed by atoms with Crippen LogP contribution in [0.3, 0.4) is 0 Å². The number of amides is 2. The molecule has 9 nitrogen and oxygen atoms in total. The predicted molar refractivity (Wildman–Crippen MR) is 154 cm³/mol. The summed E-state index contributed by atoms with van der Waals surface area (Å²) in [6.45, 7) is 4.48. The fourth-order valence-electron chi connectivity index (χ4n) is 4.35. The van der Waals surface area contributed by atoms with Gasteiger partial charge in [-0.25, -0.2) is 8.42 Å². The first-order chi connectivity index (χ1) is 18.2. The van der Waals surface area contributed by atoms with Crippen LogP contribution in [0.5, 0.6) is 0 Å². The van der Waals surface area contributed by atoms with Gasteiger partial charge in [0.1, 0.15) is 6.04 Å². The van der Waals surface area contributed by atoms with Crippen molar-refractivity contribution in [1.82, 2.24) is 19.9 Å². The lowest BCUT2D eigenvalue weighted by atomic mass is 10.0. The fraction of sp³-hybridized carbons (Fsp3) is 0.346. The molecule has 3 aromatic rings. The number of hydrogen-bond acceptors (Lipinski definition) is 7.